The molecule has 0 spiro atoms. The van der Waals surface area contributed by atoms with Crippen LogP contribution in [0.2, 0.25) is 0 Å². The minimum Gasteiger partial charge on any atom is -0.493 e. The monoisotopic (exact) mass is 390 g/mol. The zero-order valence-electron chi connectivity index (χ0n) is 16.7. The van der Waals surface area contributed by atoms with E-state index >= 15 is 0 Å². The fraction of sp³-hybridized carbons (Fsp3) is 0.333. The number of carbonyl (C=O) groups excluding carboxylic acids is 1. The topological polar surface area (TPSA) is 55.6 Å². The van der Waals surface area contributed by atoms with Crippen LogP contribution in [-0.4, -0.2) is 35.0 Å². The summed E-state index contributed by atoms with van der Waals surface area (Å²) < 4.78 is 11.4. The molecule has 3 aromatic rings. The van der Waals surface area contributed by atoms with E-state index in [4.69, 9.17) is 9.15 Å². The van der Waals surface area contributed by atoms with E-state index in [9.17, 15) is 4.79 Å². The number of ether oxygens (including phenoxy) is 1. The number of oxazole rings is 1. The van der Waals surface area contributed by atoms with Gasteiger partial charge in [-0.05, 0) is 38.3 Å². The van der Waals surface area contributed by atoms with Gasteiger partial charge in [-0.25, -0.2) is 4.98 Å². The number of hydrogen-bond acceptors (Lipinski definition) is 4. The maximum absolute atomic E-state index is 13.3. The number of aromatic nitrogens is 1. The number of benzene rings is 2. The Kier molecular flexibility index (Phi) is 5.94. The molecule has 1 unspecified atom stereocenters. The lowest BCUT2D eigenvalue weighted by molar-refractivity contribution is 0.0601. The maximum atomic E-state index is 13.3. The van der Waals surface area contributed by atoms with Crippen molar-refractivity contribution >= 4 is 5.91 Å². The fourth-order valence-corrected chi connectivity index (χ4v) is 3.91. The largest absolute Gasteiger partial charge is 0.493 e. The number of rotatable bonds is 6. The predicted molar refractivity (Wildman–Crippen MR) is 112 cm³/mol. The summed E-state index contributed by atoms with van der Waals surface area (Å²) in [4.78, 5) is 19.9. The summed E-state index contributed by atoms with van der Waals surface area (Å²) in [6, 6.07) is 17.5. The standard InChI is InChI=1S/C24H26N2O3/c1-2-28-22-14-7-6-13-20(22)24(27)26-15-9-8-12-19(26)16-23-25-21(17-29-23)18-10-4-3-5-11-18/h3-7,10-11,13-14,17,19H,2,8-9,12,15-16H2,1H3. The summed E-state index contributed by atoms with van der Waals surface area (Å²) in [5.74, 6) is 1.34. The number of amides is 1. The van der Waals surface area contributed by atoms with Crippen LogP contribution in [0, 0.1) is 0 Å². The normalized spacial score (nSPS) is 16.6. The van der Waals surface area contributed by atoms with Crippen molar-refractivity contribution in [3.63, 3.8) is 0 Å². The van der Waals surface area contributed by atoms with Crippen LogP contribution in [0.5, 0.6) is 5.75 Å². The Morgan fingerprint density at radius 3 is 2.76 bits per heavy atom. The lowest BCUT2D eigenvalue weighted by atomic mass is 9.98. The average Bonchev–Trinajstić information content (AvgIpc) is 3.23. The van der Waals surface area contributed by atoms with Crippen molar-refractivity contribution in [3.05, 3.63) is 72.3 Å². The van der Waals surface area contributed by atoms with Gasteiger partial charge in [-0.15, -0.1) is 0 Å². The molecule has 1 aliphatic heterocycles. The van der Waals surface area contributed by atoms with Gasteiger partial charge < -0.3 is 14.1 Å². The van der Waals surface area contributed by atoms with Crippen molar-refractivity contribution in [3.8, 4) is 17.0 Å². The molecule has 1 saturated heterocycles. The molecule has 150 valence electrons. The van der Waals surface area contributed by atoms with E-state index in [1.807, 2.05) is 66.4 Å². The van der Waals surface area contributed by atoms with Crippen LogP contribution >= 0.6 is 0 Å². The first kappa shape index (κ1) is 19.2. The van der Waals surface area contributed by atoms with E-state index in [-0.39, 0.29) is 11.9 Å². The second-order valence-electron chi connectivity index (χ2n) is 7.27. The van der Waals surface area contributed by atoms with E-state index in [2.05, 4.69) is 4.98 Å². The van der Waals surface area contributed by atoms with Crippen molar-refractivity contribution in [1.82, 2.24) is 9.88 Å². The first-order chi connectivity index (χ1) is 14.3. The summed E-state index contributed by atoms with van der Waals surface area (Å²) in [7, 11) is 0. The van der Waals surface area contributed by atoms with Gasteiger partial charge >= 0.3 is 0 Å². The molecule has 1 atom stereocenters. The molecule has 0 saturated carbocycles. The minimum absolute atomic E-state index is 0.0218. The van der Waals surface area contributed by atoms with Gasteiger partial charge in [0.25, 0.3) is 5.91 Å². The number of para-hydroxylation sites is 1. The molecule has 1 fully saturated rings. The van der Waals surface area contributed by atoms with Gasteiger partial charge in [0.05, 0.1) is 12.2 Å². The lowest BCUT2D eigenvalue weighted by Gasteiger charge is -2.35. The van der Waals surface area contributed by atoms with E-state index in [0.29, 0.717) is 30.2 Å². The van der Waals surface area contributed by atoms with Crippen molar-refractivity contribution in [2.75, 3.05) is 13.2 Å². The van der Waals surface area contributed by atoms with E-state index in [1.54, 1.807) is 6.26 Å². The third kappa shape index (κ3) is 4.34. The number of likely N-dealkylation sites (tertiary alicyclic amines) is 1. The molecule has 1 aromatic heterocycles. The quantitative estimate of drug-likeness (QED) is 0.596. The fourth-order valence-electron chi connectivity index (χ4n) is 3.91. The van der Waals surface area contributed by atoms with E-state index in [0.717, 1.165) is 37.1 Å². The average molecular weight is 390 g/mol. The minimum atomic E-state index is 0.0218. The Balaban J connectivity index is 1.53. The van der Waals surface area contributed by atoms with Crippen LogP contribution in [0.3, 0.4) is 0 Å². The number of carbonyl (C=O) groups is 1. The molecule has 0 aliphatic carbocycles. The van der Waals surface area contributed by atoms with Crippen LogP contribution in [0.15, 0.2) is 65.3 Å². The van der Waals surface area contributed by atoms with Crippen LogP contribution in [-0.2, 0) is 6.42 Å². The third-order valence-corrected chi connectivity index (χ3v) is 5.34. The Morgan fingerprint density at radius 2 is 1.93 bits per heavy atom. The zero-order valence-corrected chi connectivity index (χ0v) is 16.7. The molecule has 2 aromatic carbocycles. The highest BCUT2D eigenvalue weighted by molar-refractivity contribution is 5.97. The van der Waals surface area contributed by atoms with Gasteiger partial charge in [0.1, 0.15) is 17.7 Å². The molecule has 0 radical (unpaired) electrons. The third-order valence-electron chi connectivity index (χ3n) is 5.34. The predicted octanol–water partition coefficient (Wildman–Crippen LogP) is 4.98. The SMILES string of the molecule is CCOc1ccccc1C(=O)N1CCCCC1Cc1nc(-c2ccccc2)co1. The van der Waals surface area contributed by atoms with Crippen molar-refractivity contribution in [2.45, 2.75) is 38.6 Å². The Hall–Kier alpha value is -3.08. The number of hydrogen-bond donors (Lipinski definition) is 0. The Morgan fingerprint density at radius 1 is 1.14 bits per heavy atom. The molecule has 0 N–H and O–H groups in total. The Labute approximate surface area is 171 Å². The molecule has 2 heterocycles. The van der Waals surface area contributed by atoms with E-state index in [1.165, 1.54) is 0 Å². The van der Waals surface area contributed by atoms with Crippen molar-refractivity contribution in [1.29, 1.82) is 0 Å². The van der Waals surface area contributed by atoms with Crippen LogP contribution in [0.1, 0.15) is 42.4 Å². The summed E-state index contributed by atoms with van der Waals surface area (Å²) in [5, 5.41) is 0. The Bertz CT molecular complexity index is 952. The zero-order chi connectivity index (χ0) is 20.1. The van der Waals surface area contributed by atoms with E-state index < -0.39 is 0 Å². The molecule has 29 heavy (non-hydrogen) atoms. The van der Waals surface area contributed by atoms with Gasteiger partial charge in [-0.3, -0.25) is 4.79 Å². The highest BCUT2D eigenvalue weighted by Crippen LogP contribution is 2.27. The maximum Gasteiger partial charge on any atom is 0.257 e. The molecule has 1 amide bonds. The van der Waals surface area contributed by atoms with Gasteiger partial charge in [-0.2, -0.15) is 0 Å². The number of piperidine rings is 1. The van der Waals surface area contributed by atoms with Gasteiger partial charge in [0.15, 0.2) is 5.89 Å². The molecule has 1 aliphatic rings. The summed E-state index contributed by atoms with van der Waals surface area (Å²) >= 11 is 0. The highest BCUT2D eigenvalue weighted by atomic mass is 16.5. The molecule has 5 nitrogen and oxygen atoms in total. The lowest BCUT2D eigenvalue weighted by Crippen LogP contribution is -2.45. The molecular formula is C24H26N2O3. The molecule has 4 rings (SSSR count). The molecular weight excluding hydrogens is 364 g/mol. The van der Waals surface area contributed by atoms with Crippen molar-refractivity contribution < 1.29 is 13.9 Å². The van der Waals surface area contributed by atoms with Crippen molar-refractivity contribution in [2.24, 2.45) is 0 Å². The van der Waals surface area contributed by atoms with Crippen LogP contribution in [0.25, 0.3) is 11.3 Å². The number of nitrogens with zero attached hydrogens (tertiary/aromatic N) is 2. The highest BCUT2D eigenvalue weighted by Gasteiger charge is 2.30. The molecule has 0 bridgehead atoms. The first-order valence-electron chi connectivity index (χ1n) is 10.3. The summed E-state index contributed by atoms with van der Waals surface area (Å²) in [5.41, 5.74) is 2.49. The molecule has 5 heteroatoms. The van der Waals surface area contributed by atoms with Crippen LogP contribution < -0.4 is 4.74 Å². The second kappa shape index (κ2) is 8.95. The van der Waals surface area contributed by atoms with Gasteiger partial charge in [0.2, 0.25) is 0 Å². The van der Waals surface area contributed by atoms with Gasteiger partial charge in [0, 0.05) is 24.6 Å². The second-order valence-corrected chi connectivity index (χ2v) is 7.27. The van der Waals surface area contributed by atoms with Gasteiger partial charge in [-0.1, -0.05) is 42.5 Å². The first-order valence-corrected chi connectivity index (χ1v) is 10.3. The summed E-state index contributed by atoms with van der Waals surface area (Å²) in [6.45, 7) is 3.21. The van der Waals surface area contributed by atoms with Crippen LogP contribution in [0.4, 0.5) is 0 Å². The smallest absolute Gasteiger partial charge is 0.257 e. The summed E-state index contributed by atoms with van der Waals surface area (Å²) in [6.07, 6.45) is 5.39.